The number of hydrogen-bond acceptors (Lipinski definition) is 4. The molecular weight excluding hydrogens is 320 g/mol. The van der Waals surface area contributed by atoms with Crippen molar-refractivity contribution in [2.75, 3.05) is 32.1 Å². The van der Waals surface area contributed by atoms with Crippen molar-refractivity contribution in [1.82, 2.24) is 10.6 Å². The summed E-state index contributed by atoms with van der Waals surface area (Å²) in [4.78, 5) is 12.0. The molecule has 0 spiro atoms. The quantitative estimate of drug-likeness (QED) is 0.878. The Morgan fingerprint density at radius 3 is 3.09 bits per heavy atom. The molecular formula is C16H23ClN2O2S. The number of hydrogen-bond donors (Lipinski definition) is 2. The molecule has 22 heavy (non-hydrogen) atoms. The van der Waals surface area contributed by atoms with Gasteiger partial charge in [-0.2, -0.15) is 11.8 Å². The summed E-state index contributed by atoms with van der Waals surface area (Å²) in [5.41, 5.74) is 2.81. The van der Waals surface area contributed by atoms with Crippen molar-refractivity contribution < 1.29 is 9.53 Å². The van der Waals surface area contributed by atoms with Gasteiger partial charge in [-0.25, -0.2) is 0 Å². The van der Waals surface area contributed by atoms with E-state index in [-0.39, 0.29) is 24.4 Å². The van der Waals surface area contributed by atoms with Gasteiger partial charge in [0, 0.05) is 30.8 Å². The molecule has 1 fully saturated rings. The summed E-state index contributed by atoms with van der Waals surface area (Å²) in [5, 5.41) is 6.78. The second kappa shape index (κ2) is 8.77. The van der Waals surface area contributed by atoms with Crippen molar-refractivity contribution in [1.29, 1.82) is 0 Å². The van der Waals surface area contributed by atoms with Gasteiger partial charge in [0.15, 0.2) is 0 Å². The Bertz CT molecular complexity index is 495. The summed E-state index contributed by atoms with van der Waals surface area (Å²) in [7, 11) is 0. The maximum atomic E-state index is 12.0. The monoisotopic (exact) mass is 342 g/mol. The van der Waals surface area contributed by atoms with Crippen LogP contribution in [0.15, 0.2) is 24.3 Å². The standard InChI is InChI=1S/C16H22N2O2S.ClH/c19-16(9-13-11-20-7-6-17-13)18-10-15-14-4-2-1-3-12(14)5-8-21-15;/h1-4,13,15,17H,5-11H2,(H,18,19);1H. The number of morpholine rings is 1. The van der Waals surface area contributed by atoms with Gasteiger partial charge >= 0.3 is 0 Å². The Labute approximate surface area is 142 Å². The first-order chi connectivity index (χ1) is 10.3. The minimum Gasteiger partial charge on any atom is -0.378 e. The molecule has 0 bridgehead atoms. The minimum absolute atomic E-state index is 0. The molecule has 2 aliphatic heterocycles. The van der Waals surface area contributed by atoms with E-state index in [0.717, 1.165) is 25.3 Å². The number of nitrogens with one attached hydrogen (secondary N) is 2. The van der Waals surface area contributed by atoms with E-state index in [1.165, 1.54) is 11.1 Å². The highest BCUT2D eigenvalue weighted by molar-refractivity contribution is 7.99. The van der Waals surface area contributed by atoms with Gasteiger partial charge in [-0.3, -0.25) is 4.79 Å². The van der Waals surface area contributed by atoms with E-state index in [4.69, 9.17) is 4.74 Å². The van der Waals surface area contributed by atoms with E-state index in [0.29, 0.717) is 24.8 Å². The highest BCUT2D eigenvalue weighted by Crippen LogP contribution is 2.35. The smallest absolute Gasteiger partial charge is 0.221 e. The van der Waals surface area contributed by atoms with Crippen LogP contribution in [0.2, 0.25) is 0 Å². The number of aryl methyl sites for hydroxylation is 1. The topological polar surface area (TPSA) is 50.4 Å². The zero-order valence-electron chi connectivity index (χ0n) is 12.5. The Hall–Kier alpha value is -0.750. The fourth-order valence-corrected chi connectivity index (χ4v) is 4.13. The molecule has 0 radical (unpaired) electrons. The van der Waals surface area contributed by atoms with E-state index < -0.39 is 0 Å². The third kappa shape index (κ3) is 4.62. The number of fused-ring (bicyclic) bond motifs is 1. The van der Waals surface area contributed by atoms with Crippen molar-refractivity contribution in [2.45, 2.75) is 24.1 Å². The molecule has 0 aliphatic carbocycles. The average molecular weight is 343 g/mol. The number of benzene rings is 1. The normalized spacial score (nSPS) is 24.0. The van der Waals surface area contributed by atoms with Gasteiger partial charge in [0.1, 0.15) is 0 Å². The molecule has 1 aromatic carbocycles. The number of carbonyl (C=O) groups is 1. The molecule has 6 heteroatoms. The maximum absolute atomic E-state index is 12.0. The second-order valence-corrected chi connectivity index (χ2v) is 6.85. The molecule has 1 saturated heterocycles. The Balaban J connectivity index is 0.00000176. The van der Waals surface area contributed by atoms with Crippen LogP contribution in [0.3, 0.4) is 0 Å². The highest BCUT2D eigenvalue weighted by atomic mass is 35.5. The lowest BCUT2D eigenvalue weighted by molar-refractivity contribution is -0.122. The van der Waals surface area contributed by atoms with Crippen LogP contribution < -0.4 is 10.6 Å². The number of ether oxygens (including phenoxy) is 1. The number of rotatable bonds is 4. The predicted molar refractivity (Wildman–Crippen MR) is 92.8 cm³/mol. The number of thioether (sulfide) groups is 1. The molecule has 0 saturated carbocycles. The molecule has 3 rings (SSSR count). The molecule has 4 nitrogen and oxygen atoms in total. The molecule has 0 aromatic heterocycles. The Morgan fingerprint density at radius 1 is 1.41 bits per heavy atom. The first-order valence-electron chi connectivity index (χ1n) is 7.60. The number of amides is 1. The van der Waals surface area contributed by atoms with E-state index in [1.807, 2.05) is 11.8 Å². The number of carbonyl (C=O) groups excluding carboxylic acids is 1. The lowest BCUT2D eigenvalue weighted by Crippen LogP contribution is -2.44. The van der Waals surface area contributed by atoms with Crippen LogP contribution in [0.5, 0.6) is 0 Å². The van der Waals surface area contributed by atoms with Crippen molar-refractivity contribution in [3.05, 3.63) is 35.4 Å². The maximum Gasteiger partial charge on any atom is 0.221 e. The zero-order valence-corrected chi connectivity index (χ0v) is 14.2. The summed E-state index contributed by atoms with van der Waals surface area (Å²) < 4.78 is 5.38. The summed E-state index contributed by atoms with van der Waals surface area (Å²) >= 11 is 1.94. The van der Waals surface area contributed by atoms with Gasteiger partial charge in [0.2, 0.25) is 5.91 Å². The first-order valence-corrected chi connectivity index (χ1v) is 8.65. The van der Waals surface area contributed by atoms with Crippen molar-refractivity contribution in [2.24, 2.45) is 0 Å². The Morgan fingerprint density at radius 2 is 2.27 bits per heavy atom. The van der Waals surface area contributed by atoms with Crippen LogP contribution in [-0.2, 0) is 16.0 Å². The second-order valence-electron chi connectivity index (χ2n) is 5.54. The molecule has 1 amide bonds. The molecule has 2 heterocycles. The van der Waals surface area contributed by atoms with Gasteiger partial charge in [0.25, 0.3) is 0 Å². The molecule has 2 unspecified atom stereocenters. The van der Waals surface area contributed by atoms with Crippen LogP contribution in [0.25, 0.3) is 0 Å². The fraction of sp³-hybridized carbons (Fsp3) is 0.562. The minimum atomic E-state index is 0. The van der Waals surface area contributed by atoms with Crippen LogP contribution in [0.1, 0.15) is 22.8 Å². The third-order valence-electron chi connectivity index (χ3n) is 4.01. The molecule has 2 atom stereocenters. The van der Waals surface area contributed by atoms with E-state index in [9.17, 15) is 4.79 Å². The van der Waals surface area contributed by atoms with Crippen LogP contribution in [0.4, 0.5) is 0 Å². The van der Waals surface area contributed by atoms with Gasteiger partial charge in [0.05, 0.1) is 13.2 Å². The average Bonchev–Trinajstić information content (AvgIpc) is 2.54. The van der Waals surface area contributed by atoms with Gasteiger partial charge in [-0.05, 0) is 23.3 Å². The van der Waals surface area contributed by atoms with E-state index in [2.05, 4.69) is 34.9 Å². The Kier molecular flexibility index (Phi) is 7.02. The summed E-state index contributed by atoms with van der Waals surface area (Å²) in [6.07, 6.45) is 1.63. The largest absolute Gasteiger partial charge is 0.378 e. The van der Waals surface area contributed by atoms with Crippen LogP contribution in [0, 0.1) is 0 Å². The fourth-order valence-electron chi connectivity index (χ4n) is 2.90. The molecule has 2 N–H and O–H groups in total. The summed E-state index contributed by atoms with van der Waals surface area (Å²) in [6.45, 7) is 2.93. The lowest BCUT2D eigenvalue weighted by atomic mass is 10.0. The van der Waals surface area contributed by atoms with Crippen molar-refractivity contribution >= 4 is 30.1 Å². The van der Waals surface area contributed by atoms with Crippen molar-refractivity contribution in [3.8, 4) is 0 Å². The number of halogens is 1. The molecule has 2 aliphatic rings. The zero-order chi connectivity index (χ0) is 14.5. The van der Waals surface area contributed by atoms with Crippen LogP contribution >= 0.6 is 24.2 Å². The summed E-state index contributed by atoms with van der Waals surface area (Å²) in [5.74, 6) is 1.25. The first kappa shape index (κ1) is 17.6. The molecule has 122 valence electrons. The van der Waals surface area contributed by atoms with Gasteiger partial charge in [-0.15, -0.1) is 12.4 Å². The summed E-state index contributed by atoms with van der Waals surface area (Å²) in [6, 6.07) is 8.73. The van der Waals surface area contributed by atoms with Crippen molar-refractivity contribution in [3.63, 3.8) is 0 Å². The lowest BCUT2D eigenvalue weighted by Gasteiger charge is -2.26. The van der Waals surface area contributed by atoms with Gasteiger partial charge in [-0.1, -0.05) is 24.3 Å². The SMILES string of the molecule is Cl.O=C(CC1COCCN1)NCC1SCCc2ccccc21. The molecule has 1 aromatic rings. The van der Waals surface area contributed by atoms with Gasteiger partial charge < -0.3 is 15.4 Å². The highest BCUT2D eigenvalue weighted by Gasteiger charge is 2.22. The van der Waals surface area contributed by atoms with E-state index >= 15 is 0 Å². The van der Waals surface area contributed by atoms with E-state index in [1.54, 1.807) is 0 Å². The van der Waals surface area contributed by atoms with Crippen LogP contribution in [-0.4, -0.2) is 44.0 Å². The third-order valence-corrected chi connectivity index (χ3v) is 5.27. The predicted octanol–water partition coefficient (Wildman–Crippen LogP) is 1.93.